The average molecular weight is 465 g/mol. The zero-order valence-electron chi connectivity index (χ0n) is 19.0. The van der Waals surface area contributed by atoms with Crippen LogP contribution in [0.25, 0.3) is 11.1 Å². The lowest BCUT2D eigenvalue weighted by Crippen LogP contribution is -2.47. The number of carbonyl (C=O) groups is 3. The Bertz CT molecular complexity index is 1070. The summed E-state index contributed by atoms with van der Waals surface area (Å²) in [4.78, 5) is 38.7. The van der Waals surface area contributed by atoms with E-state index in [1.165, 1.54) is 0 Å². The number of alkyl carbamates (subject to hydrolysis) is 1. The fourth-order valence-corrected chi connectivity index (χ4v) is 5.43. The molecular weight excluding hydrogens is 436 g/mol. The van der Waals surface area contributed by atoms with Crippen LogP contribution in [0.4, 0.5) is 4.79 Å². The zero-order chi connectivity index (χ0) is 23.8. The predicted octanol–water partition coefficient (Wildman–Crippen LogP) is 2.72. The first kappa shape index (κ1) is 22.4. The van der Waals surface area contributed by atoms with Crippen LogP contribution in [-0.4, -0.2) is 66.9 Å². The molecule has 0 saturated carbocycles. The van der Waals surface area contributed by atoms with Gasteiger partial charge in [-0.25, -0.2) is 4.79 Å². The van der Waals surface area contributed by atoms with Gasteiger partial charge in [0.15, 0.2) is 0 Å². The quantitative estimate of drug-likeness (QED) is 0.705. The summed E-state index contributed by atoms with van der Waals surface area (Å²) in [5, 5.41) is 12.2. The normalized spacial score (nSPS) is 25.6. The molecule has 5 rings (SSSR count). The van der Waals surface area contributed by atoms with Gasteiger partial charge in [-0.2, -0.15) is 0 Å². The maximum atomic E-state index is 13.1. The molecule has 2 saturated heterocycles. The Hall–Kier alpha value is -3.39. The van der Waals surface area contributed by atoms with Crippen LogP contribution in [-0.2, 0) is 19.1 Å². The number of amides is 2. The van der Waals surface area contributed by atoms with Crippen molar-refractivity contribution in [3.05, 3.63) is 59.7 Å². The van der Waals surface area contributed by atoms with E-state index in [-0.39, 0.29) is 44.1 Å². The van der Waals surface area contributed by atoms with E-state index in [0.29, 0.717) is 6.54 Å². The van der Waals surface area contributed by atoms with Crippen LogP contribution in [0, 0.1) is 17.8 Å². The molecule has 2 unspecified atom stereocenters. The van der Waals surface area contributed by atoms with E-state index in [0.717, 1.165) is 22.3 Å². The van der Waals surface area contributed by atoms with Crippen LogP contribution in [0.15, 0.2) is 48.5 Å². The first-order chi connectivity index (χ1) is 16.4. The van der Waals surface area contributed by atoms with Crippen LogP contribution in [0.5, 0.6) is 0 Å². The second-order valence-electron chi connectivity index (χ2n) is 9.39. The Kier molecular flexibility index (Phi) is 6.00. The molecule has 0 aromatic heterocycles. The van der Waals surface area contributed by atoms with Crippen molar-refractivity contribution in [2.24, 2.45) is 17.8 Å². The monoisotopic (exact) mass is 464 g/mol. The van der Waals surface area contributed by atoms with Crippen LogP contribution in [0.3, 0.4) is 0 Å². The molecule has 0 bridgehead atoms. The number of fused-ring (bicyclic) bond motifs is 3. The van der Waals surface area contributed by atoms with Gasteiger partial charge >= 0.3 is 12.1 Å². The van der Waals surface area contributed by atoms with Crippen molar-refractivity contribution in [2.45, 2.75) is 18.9 Å². The minimum Gasteiger partial charge on any atom is -0.481 e. The van der Waals surface area contributed by atoms with Gasteiger partial charge in [-0.05, 0) is 28.2 Å². The van der Waals surface area contributed by atoms with Gasteiger partial charge in [0, 0.05) is 19.0 Å². The Morgan fingerprint density at radius 3 is 2.26 bits per heavy atom. The molecule has 0 radical (unpaired) electrons. The maximum absolute atomic E-state index is 13.1. The van der Waals surface area contributed by atoms with Crippen molar-refractivity contribution in [2.75, 3.05) is 32.9 Å². The number of carboxylic acids is 1. The number of ether oxygens (including phenoxy) is 2. The maximum Gasteiger partial charge on any atom is 0.407 e. The van der Waals surface area contributed by atoms with Gasteiger partial charge in [-0.1, -0.05) is 55.5 Å². The fraction of sp³-hybridized carbons (Fsp3) is 0.423. The number of aliphatic carboxylic acids is 1. The number of rotatable bonds is 5. The molecular formula is C26H28N2O6. The van der Waals surface area contributed by atoms with Crippen LogP contribution in [0.2, 0.25) is 0 Å². The smallest absolute Gasteiger partial charge is 0.407 e. The lowest BCUT2D eigenvalue weighted by atomic mass is 9.98. The third-order valence-electron chi connectivity index (χ3n) is 7.29. The second kappa shape index (κ2) is 9.10. The van der Waals surface area contributed by atoms with E-state index < -0.39 is 29.9 Å². The molecule has 8 nitrogen and oxygen atoms in total. The molecule has 8 heteroatoms. The Balaban J connectivity index is 1.21. The molecule has 2 heterocycles. The van der Waals surface area contributed by atoms with Gasteiger partial charge in [0.25, 0.3) is 0 Å². The minimum absolute atomic E-state index is 0.0468. The Labute approximate surface area is 197 Å². The highest BCUT2D eigenvalue weighted by Gasteiger charge is 2.43. The molecule has 0 spiro atoms. The number of hydrogen-bond donors (Lipinski definition) is 2. The molecule has 1 aliphatic carbocycles. The molecule has 2 aromatic rings. The molecule has 4 atom stereocenters. The number of carboxylic acid groups (broad SMARTS) is 1. The fourth-order valence-electron chi connectivity index (χ4n) is 5.43. The standard InChI is InChI=1S/C26H28N2O6/c1-15-10-28(11-20(15)25(30)31)24(29)22-12-33-14-23(22)27-26(32)34-13-21-18-8-4-2-6-16(18)17-7-3-5-9-19(17)21/h2-9,15,20-23H,10-14H2,1H3,(H,27,32)(H,30,31)/t15-,20-,22?,23?/m1/s1. The lowest BCUT2D eigenvalue weighted by molar-refractivity contribution is -0.142. The van der Waals surface area contributed by atoms with Gasteiger partial charge in [0.1, 0.15) is 6.61 Å². The van der Waals surface area contributed by atoms with E-state index in [4.69, 9.17) is 9.47 Å². The van der Waals surface area contributed by atoms with E-state index in [1.54, 1.807) is 4.90 Å². The van der Waals surface area contributed by atoms with Gasteiger partial charge in [-0.3, -0.25) is 9.59 Å². The summed E-state index contributed by atoms with van der Waals surface area (Å²) >= 11 is 0. The van der Waals surface area contributed by atoms with Gasteiger partial charge < -0.3 is 24.8 Å². The highest BCUT2D eigenvalue weighted by molar-refractivity contribution is 5.83. The first-order valence-electron chi connectivity index (χ1n) is 11.6. The minimum atomic E-state index is -0.890. The summed E-state index contributed by atoms with van der Waals surface area (Å²) in [6.07, 6.45) is -0.589. The summed E-state index contributed by atoms with van der Waals surface area (Å²) < 4.78 is 11.1. The summed E-state index contributed by atoms with van der Waals surface area (Å²) in [6.45, 7) is 3.01. The highest BCUT2D eigenvalue weighted by Crippen LogP contribution is 2.44. The molecule has 34 heavy (non-hydrogen) atoms. The molecule has 3 aliphatic rings. The highest BCUT2D eigenvalue weighted by atomic mass is 16.5. The Morgan fingerprint density at radius 2 is 1.65 bits per heavy atom. The molecule has 2 aliphatic heterocycles. The Morgan fingerprint density at radius 1 is 1.00 bits per heavy atom. The van der Waals surface area contributed by atoms with E-state index in [9.17, 15) is 19.5 Å². The van der Waals surface area contributed by atoms with Crippen molar-refractivity contribution >= 4 is 18.0 Å². The summed E-state index contributed by atoms with van der Waals surface area (Å²) in [5.74, 6) is -2.36. The largest absolute Gasteiger partial charge is 0.481 e. The molecule has 2 N–H and O–H groups in total. The lowest BCUT2D eigenvalue weighted by Gasteiger charge is -2.24. The summed E-state index contributed by atoms with van der Waals surface area (Å²) in [5.41, 5.74) is 4.57. The SMILES string of the molecule is C[C@@H]1CN(C(=O)C2COCC2NC(=O)OCC2c3ccccc3-c3ccccc32)C[C@H]1C(=O)O. The van der Waals surface area contributed by atoms with Crippen molar-refractivity contribution in [3.8, 4) is 11.1 Å². The predicted molar refractivity (Wildman–Crippen MR) is 123 cm³/mol. The van der Waals surface area contributed by atoms with Crippen molar-refractivity contribution in [1.82, 2.24) is 10.2 Å². The van der Waals surface area contributed by atoms with Gasteiger partial charge in [-0.15, -0.1) is 0 Å². The zero-order valence-corrected chi connectivity index (χ0v) is 19.0. The van der Waals surface area contributed by atoms with E-state index in [2.05, 4.69) is 29.6 Å². The molecule has 178 valence electrons. The number of hydrogen-bond acceptors (Lipinski definition) is 5. The summed E-state index contributed by atoms with van der Waals surface area (Å²) in [6, 6.07) is 15.7. The first-order valence-corrected chi connectivity index (χ1v) is 11.6. The number of carbonyl (C=O) groups excluding carboxylic acids is 2. The van der Waals surface area contributed by atoms with Crippen molar-refractivity contribution < 1.29 is 29.0 Å². The molecule has 2 fully saturated rings. The van der Waals surface area contributed by atoms with Gasteiger partial charge in [0.05, 0.1) is 31.1 Å². The van der Waals surface area contributed by atoms with E-state index >= 15 is 0 Å². The number of nitrogens with one attached hydrogen (secondary N) is 1. The average Bonchev–Trinajstić information content (AvgIpc) is 3.53. The number of nitrogens with zero attached hydrogens (tertiary/aromatic N) is 1. The van der Waals surface area contributed by atoms with Crippen molar-refractivity contribution in [1.29, 1.82) is 0 Å². The molecule has 2 amide bonds. The third kappa shape index (κ3) is 4.03. The summed E-state index contributed by atoms with van der Waals surface area (Å²) in [7, 11) is 0. The third-order valence-corrected chi connectivity index (χ3v) is 7.29. The second-order valence-corrected chi connectivity index (χ2v) is 9.39. The van der Waals surface area contributed by atoms with Gasteiger partial charge in [0.2, 0.25) is 5.91 Å². The van der Waals surface area contributed by atoms with Crippen molar-refractivity contribution in [3.63, 3.8) is 0 Å². The van der Waals surface area contributed by atoms with Crippen LogP contribution < -0.4 is 5.32 Å². The van der Waals surface area contributed by atoms with E-state index in [1.807, 2.05) is 31.2 Å². The topological polar surface area (TPSA) is 105 Å². The van der Waals surface area contributed by atoms with Crippen LogP contribution >= 0.6 is 0 Å². The molecule has 2 aromatic carbocycles. The van der Waals surface area contributed by atoms with Crippen LogP contribution in [0.1, 0.15) is 24.0 Å². The number of likely N-dealkylation sites (tertiary alicyclic amines) is 1. The number of benzene rings is 2.